The van der Waals surface area contributed by atoms with Crippen LogP contribution in [0.15, 0.2) is 42.7 Å². The van der Waals surface area contributed by atoms with Gasteiger partial charge in [0.15, 0.2) is 0 Å². The van der Waals surface area contributed by atoms with Gasteiger partial charge in [-0.05, 0) is 39.2 Å². The van der Waals surface area contributed by atoms with Gasteiger partial charge in [0.2, 0.25) is 0 Å². The highest BCUT2D eigenvalue weighted by molar-refractivity contribution is 5.61. The van der Waals surface area contributed by atoms with Crippen LogP contribution in [0.4, 0.5) is 0 Å². The van der Waals surface area contributed by atoms with E-state index in [2.05, 4.69) is 80.2 Å². The molecule has 1 N–H and O–H groups in total. The average Bonchev–Trinajstić information content (AvgIpc) is 2.94. The van der Waals surface area contributed by atoms with E-state index in [1.165, 1.54) is 11.1 Å². The normalized spacial score (nSPS) is 14.9. The number of aromatic nitrogens is 2. The number of benzene rings is 1. The molecule has 0 aliphatic carbocycles. The lowest BCUT2D eigenvalue weighted by molar-refractivity contribution is 0.302. The predicted octanol–water partition coefficient (Wildman–Crippen LogP) is 4.14. The van der Waals surface area contributed by atoms with E-state index < -0.39 is 0 Å². The molecule has 2 atom stereocenters. The van der Waals surface area contributed by atoms with Gasteiger partial charge in [0.1, 0.15) is 0 Å². The highest BCUT2D eigenvalue weighted by atomic mass is 15.3. The zero-order valence-corrected chi connectivity index (χ0v) is 13.8. The Kier molecular flexibility index (Phi) is 4.84. The minimum Gasteiger partial charge on any atom is -0.312 e. The molecule has 1 aromatic carbocycles. The monoisotopic (exact) mass is 285 g/mol. The van der Waals surface area contributed by atoms with Crippen LogP contribution in [-0.2, 0) is 0 Å². The maximum atomic E-state index is 4.55. The summed E-state index contributed by atoms with van der Waals surface area (Å²) in [5, 5.41) is 8.12. The van der Waals surface area contributed by atoms with Crippen molar-refractivity contribution in [2.45, 2.75) is 46.2 Å². The van der Waals surface area contributed by atoms with Gasteiger partial charge >= 0.3 is 0 Å². The molecule has 0 radical (unpaired) electrons. The Hall–Kier alpha value is -1.61. The van der Waals surface area contributed by atoms with Gasteiger partial charge in [-0.1, -0.05) is 37.3 Å². The third-order valence-electron chi connectivity index (χ3n) is 3.90. The van der Waals surface area contributed by atoms with E-state index >= 15 is 0 Å². The van der Waals surface area contributed by atoms with Gasteiger partial charge < -0.3 is 5.32 Å². The van der Waals surface area contributed by atoms with Crippen LogP contribution in [0.25, 0.3) is 11.1 Å². The van der Waals surface area contributed by atoms with Gasteiger partial charge in [0.05, 0.1) is 12.2 Å². The summed E-state index contributed by atoms with van der Waals surface area (Å²) in [6.07, 6.45) is 4.10. The molecular weight excluding hydrogens is 258 g/mol. The second-order valence-corrected chi connectivity index (χ2v) is 6.92. The second-order valence-electron chi connectivity index (χ2n) is 6.92. The molecule has 0 amide bonds. The minimum atomic E-state index is 0.160. The van der Waals surface area contributed by atoms with Crippen LogP contribution in [-0.4, -0.2) is 21.9 Å². The van der Waals surface area contributed by atoms with E-state index in [4.69, 9.17) is 0 Å². The van der Waals surface area contributed by atoms with Gasteiger partial charge in [0.25, 0.3) is 0 Å². The van der Waals surface area contributed by atoms with Crippen LogP contribution >= 0.6 is 0 Å². The zero-order valence-electron chi connectivity index (χ0n) is 13.8. The third kappa shape index (κ3) is 4.43. The summed E-state index contributed by atoms with van der Waals surface area (Å²) in [5.41, 5.74) is 2.56. The third-order valence-corrected chi connectivity index (χ3v) is 3.90. The molecule has 114 valence electrons. The summed E-state index contributed by atoms with van der Waals surface area (Å²) < 4.78 is 2.08. The highest BCUT2D eigenvalue weighted by Gasteiger charge is 2.18. The smallest absolute Gasteiger partial charge is 0.0568 e. The fourth-order valence-corrected chi connectivity index (χ4v) is 2.24. The molecule has 0 spiro atoms. The number of rotatable bonds is 5. The van der Waals surface area contributed by atoms with Crippen molar-refractivity contribution < 1.29 is 0 Å². The highest BCUT2D eigenvalue weighted by Crippen LogP contribution is 2.22. The summed E-state index contributed by atoms with van der Waals surface area (Å²) >= 11 is 0. The van der Waals surface area contributed by atoms with Crippen molar-refractivity contribution >= 4 is 0 Å². The van der Waals surface area contributed by atoms with E-state index in [0.29, 0.717) is 12.0 Å². The Morgan fingerprint density at radius 3 is 2.38 bits per heavy atom. The molecular formula is C18H27N3. The van der Waals surface area contributed by atoms with Crippen molar-refractivity contribution in [1.82, 2.24) is 15.1 Å². The standard InChI is InChI=1S/C18H27N3/c1-14(11-19-18(3,4)5)15(2)21-13-17(12-20-21)16-9-7-6-8-10-16/h6-10,12-15,19H,11H2,1-5H3. The Balaban J connectivity index is 2.03. The molecule has 2 unspecified atom stereocenters. The molecule has 3 heteroatoms. The predicted molar refractivity (Wildman–Crippen MR) is 89.3 cm³/mol. The largest absolute Gasteiger partial charge is 0.312 e. The first kappa shape index (κ1) is 15.8. The Morgan fingerprint density at radius 1 is 1.10 bits per heavy atom. The quantitative estimate of drug-likeness (QED) is 0.895. The summed E-state index contributed by atoms with van der Waals surface area (Å²) in [5.74, 6) is 0.521. The fourth-order valence-electron chi connectivity index (χ4n) is 2.24. The first-order chi connectivity index (χ1) is 9.87. The molecule has 1 aromatic heterocycles. The van der Waals surface area contributed by atoms with E-state index in [0.717, 1.165) is 6.54 Å². The zero-order chi connectivity index (χ0) is 15.5. The Morgan fingerprint density at radius 2 is 1.76 bits per heavy atom. The van der Waals surface area contributed by atoms with Crippen molar-refractivity contribution in [2.75, 3.05) is 6.54 Å². The van der Waals surface area contributed by atoms with Gasteiger partial charge in [-0.25, -0.2) is 0 Å². The molecule has 1 heterocycles. The molecule has 0 aliphatic rings. The molecule has 2 rings (SSSR count). The van der Waals surface area contributed by atoms with Gasteiger partial charge in [-0.2, -0.15) is 5.10 Å². The van der Waals surface area contributed by atoms with Crippen molar-refractivity contribution in [2.24, 2.45) is 5.92 Å². The fraction of sp³-hybridized carbons (Fsp3) is 0.500. The molecule has 0 fully saturated rings. The Labute approximate surface area is 128 Å². The van der Waals surface area contributed by atoms with Crippen LogP contribution < -0.4 is 5.32 Å². The molecule has 3 nitrogen and oxygen atoms in total. The van der Waals surface area contributed by atoms with Gasteiger partial charge in [-0.15, -0.1) is 0 Å². The molecule has 21 heavy (non-hydrogen) atoms. The average molecular weight is 285 g/mol. The lowest BCUT2D eigenvalue weighted by Gasteiger charge is -2.26. The number of hydrogen-bond acceptors (Lipinski definition) is 2. The summed E-state index contributed by atoms with van der Waals surface area (Å²) in [7, 11) is 0. The first-order valence-corrected chi connectivity index (χ1v) is 7.71. The summed E-state index contributed by atoms with van der Waals surface area (Å²) in [6, 6.07) is 10.8. The lowest BCUT2D eigenvalue weighted by Crippen LogP contribution is -2.40. The van der Waals surface area contributed by atoms with Crippen molar-refractivity contribution in [1.29, 1.82) is 0 Å². The number of nitrogens with one attached hydrogen (secondary N) is 1. The van der Waals surface area contributed by atoms with Crippen LogP contribution in [0.1, 0.15) is 40.7 Å². The molecule has 0 aliphatic heterocycles. The van der Waals surface area contributed by atoms with Crippen LogP contribution in [0.3, 0.4) is 0 Å². The number of hydrogen-bond donors (Lipinski definition) is 1. The molecule has 0 saturated heterocycles. The van der Waals surface area contributed by atoms with E-state index in [-0.39, 0.29) is 5.54 Å². The van der Waals surface area contributed by atoms with Gasteiger partial charge in [0, 0.05) is 23.8 Å². The first-order valence-electron chi connectivity index (χ1n) is 7.71. The van der Waals surface area contributed by atoms with Crippen LogP contribution in [0.5, 0.6) is 0 Å². The molecule has 0 bridgehead atoms. The van der Waals surface area contributed by atoms with Crippen LogP contribution in [0, 0.1) is 5.92 Å². The van der Waals surface area contributed by atoms with Crippen molar-refractivity contribution in [3.63, 3.8) is 0 Å². The van der Waals surface area contributed by atoms with Crippen molar-refractivity contribution in [3.05, 3.63) is 42.7 Å². The Bertz CT molecular complexity index is 551. The van der Waals surface area contributed by atoms with Gasteiger partial charge in [-0.3, -0.25) is 4.68 Å². The maximum absolute atomic E-state index is 4.55. The lowest BCUT2D eigenvalue weighted by atomic mass is 10.0. The van der Waals surface area contributed by atoms with Crippen LogP contribution in [0.2, 0.25) is 0 Å². The van der Waals surface area contributed by atoms with E-state index in [1.807, 2.05) is 12.3 Å². The summed E-state index contributed by atoms with van der Waals surface area (Å²) in [6.45, 7) is 12.1. The number of nitrogens with zero attached hydrogens (tertiary/aromatic N) is 2. The van der Waals surface area contributed by atoms with E-state index in [1.54, 1.807) is 0 Å². The van der Waals surface area contributed by atoms with Crippen molar-refractivity contribution in [3.8, 4) is 11.1 Å². The second kappa shape index (κ2) is 6.44. The molecule has 0 saturated carbocycles. The SMILES string of the molecule is CC(CNC(C)(C)C)C(C)n1cc(-c2ccccc2)cn1. The van der Waals surface area contributed by atoms with E-state index in [9.17, 15) is 0 Å². The molecule has 2 aromatic rings. The maximum Gasteiger partial charge on any atom is 0.0568 e. The minimum absolute atomic E-state index is 0.160. The summed E-state index contributed by atoms with van der Waals surface area (Å²) in [4.78, 5) is 0. The topological polar surface area (TPSA) is 29.9 Å².